The molecule has 9 nitrogen and oxygen atoms in total. The van der Waals surface area contributed by atoms with Gasteiger partial charge in [-0.1, -0.05) is 35.9 Å². The second-order valence-corrected chi connectivity index (χ2v) is 7.82. The molecule has 0 aliphatic rings. The number of ether oxygens (including phenoxy) is 1. The molecule has 0 saturated carbocycles. The van der Waals surface area contributed by atoms with E-state index in [1.54, 1.807) is 20.8 Å². The molecule has 0 bridgehead atoms. The fourth-order valence-electron chi connectivity index (χ4n) is 2.02. The summed E-state index contributed by atoms with van der Waals surface area (Å²) in [7, 11) is 0. The number of hydrogen-bond donors (Lipinski definition) is 4. The number of carbonyl (C=O) groups excluding carboxylic acids is 4. The number of nitrogens with one attached hydrogen (secondary N) is 2. The Hall–Kier alpha value is -2.94. The minimum Gasteiger partial charge on any atom is -0.458 e. The highest BCUT2D eigenvalue weighted by molar-refractivity contribution is 5.89. The van der Waals surface area contributed by atoms with Gasteiger partial charge in [0.1, 0.15) is 11.6 Å². The smallest absolute Gasteiger partial charge is 0.329 e. The number of hydrogen-bond acceptors (Lipinski definition) is 6. The molecule has 3 amide bonds. The number of rotatable bonds is 8. The third-order valence-corrected chi connectivity index (χ3v) is 3.48. The van der Waals surface area contributed by atoms with Crippen molar-refractivity contribution in [2.24, 2.45) is 11.5 Å². The van der Waals surface area contributed by atoms with Crippen LogP contribution < -0.4 is 22.1 Å². The summed E-state index contributed by atoms with van der Waals surface area (Å²) in [6.07, 6.45) is -0.0758. The molecule has 0 spiro atoms. The highest BCUT2D eigenvalue weighted by atomic mass is 16.6. The third kappa shape index (κ3) is 14.1. The van der Waals surface area contributed by atoms with Gasteiger partial charge < -0.3 is 26.8 Å². The number of amides is 3. The average molecular weight is 423 g/mol. The van der Waals surface area contributed by atoms with E-state index in [1.807, 2.05) is 18.2 Å². The highest BCUT2D eigenvalue weighted by Crippen LogP contribution is 2.10. The Balaban J connectivity index is 0.000001000. The molecule has 2 unspecified atom stereocenters. The number of nitrogens with two attached hydrogens (primary N) is 2. The molecule has 0 radical (unpaired) electrons. The lowest BCUT2D eigenvalue weighted by Crippen LogP contribution is -2.49. The fraction of sp³-hybridized carbons (Fsp3) is 0.524. The molecular formula is C21H34N4O5. The van der Waals surface area contributed by atoms with Gasteiger partial charge in [0.05, 0.1) is 12.6 Å². The first-order valence-electron chi connectivity index (χ1n) is 9.67. The molecule has 30 heavy (non-hydrogen) atoms. The molecule has 1 aromatic carbocycles. The lowest BCUT2D eigenvalue weighted by Gasteiger charge is -2.24. The van der Waals surface area contributed by atoms with Crippen LogP contribution in [0.2, 0.25) is 0 Å². The number of aryl methyl sites for hydroxylation is 1. The van der Waals surface area contributed by atoms with E-state index in [4.69, 9.17) is 16.2 Å². The summed E-state index contributed by atoms with van der Waals surface area (Å²) in [5.41, 5.74) is 11.0. The van der Waals surface area contributed by atoms with Crippen LogP contribution in [-0.4, -0.2) is 47.9 Å². The molecule has 1 aromatic rings. The monoisotopic (exact) mass is 422 g/mol. The largest absolute Gasteiger partial charge is 0.458 e. The molecule has 0 aromatic heterocycles. The van der Waals surface area contributed by atoms with Crippen molar-refractivity contribution in [2.75, 3.05) is 6.54 Å². The van der Waals surface area contributed by atoms with Crippen molar-refractivity contribution in [1.29, 1.82) is 0 Å². The minimum atomic E-state index is -1.03. The van der Waals surface area contributed by atoms with E-state index in [-0.39, 0.29) is 19.4 Å². The second-order valence-electron chi connectivity index (χ2n) is 7.82. The first kappa shape index (κ1) is 27.1. The first-order chi connectivity index (χ1) is 13.8. The molecular weight excluding hydrogens is 388 g/mol. The molecule has 9 heteroatoms. The molecule has 1 rings (SSSR count). The van der Waals surface area contributed by atoms with E-state index in [0.29, 0.717) is 0 Å². The van der Waals surface area contributed by atoms with Gasteiger partial charge in [0.25, 0.3) is 0 Å². The van der Waals surface area contributed by atoms with E-state index in [0.717, 1.165) is 0 Å². The van der Waals surface area contributed by atoms with Crippen LogP contribution in [0.15, 0.2) is 30.3 Å². The van der Waals surface area contributed by atoms with E-state index >= 15 is 0 Å². The van der Waals surface area contributed by atoms with Crippen molar-refractivity contribution >= 4 is 23.7 Å². The Bertz CT molecular complexity index is 699. The Morgan fingerprint density at radius 1 is 1.10 bits per heavy atom. The van der Waals surface area contributed by atoms with E-state index in [9.17, 15) is 19.2 Å². The van der Waals surface area contributed by atoms with E-state index in [2.05, 4.69) is 29.7 Å². The topological polar surface area (TPSA) is 154 Å². The molecule has 0 saturated heterocycles. The summed E-state index contributed by atoms with van der Waals surface area (Å²) >= 11 is 0. The van der Waals surface area contributed by atoms with Crippen LogP contribution >= 0.6 is 0 Å². The van der Waals surface area contributed by atoms with Gasteiger partial charge in [-0.3, -0.25) is 14.4 Å². The summed E-state index contributed by atoms with van der Waals surface area (Å²) in [6.45, 7) is 8.27. The van der Waals surface area contributed by atoms with Gasteiger partial charge in [0.15, 0.2) is 0 Å². The maximum Gasteiger partial charge on any atom is 0.329 e. The first-order valence-corrected chi connectivity index (χ1v) is 9.67. The van der Waals surface area contributed by atoms with Crippen molar-refractivity contribution in [3.05, 3.63) is 35.9 Å². The van der Waals surface area contributed by atoms with Gasteiger partial charge in [0.2, 0.25) is 17.7 Å². The number of benzene rings is 1. The predicted molar refractivity (Wildman–Crippen MR) is 114 cm³/mol. The van der Waals surface area contributed by atoms with E-state index in [1.165, 1.54) is 12.5 Å². The second kappa shape index (κ2) is 13.3. The quantitative estimate of drug-likeness (QED) is 0.448. The summed E-state index contributed by atoms with van der Waals surface area (Å²) in [5.74, 6) is -2.37. The zero-order valence-electron chi connectivity index (χ0n) is 18.4. The minimum absolute atomic E-state index is 0.0111. The zero-order valence-corrected chi connectivity index (χ0v) is 18.4. The molecule has 6 N–H and O–H groups in total. The Morgan fingerprint density at radius 3 is 2.07 bits per heavy atom. The van der Waals surface area contributed by atoms with Crippen LogP contribution in [0, 0.1) is 6.92 Å². The van der Waals surface area contributed by atoms with Crippen molar-refractivity contribution in [2.45, 2.75) is 65.1 Å². The molecule has 2 atom stereocenters. The van der Waals surface area contributed by atoms with Gasteiger partial charge in [-0.2, -0.15) is 0 Å². The van der Waals surface area contributed by atoms with Crippen molar-refractivity contribution < 1.29 is 23.9 Å². The van der Waals surface area contributed by atoms with Crippen molar-refractivity contribution in [1.82, 2.24) is 10.6 Å². The van der Waals surface area contributed by atoms with Crippen LogP contribution in [0.25, 0.3) is 0 Å². The molecule has 0 aliphatic heterocycles. The molecule has 168 valence electrons. The lowest BCUT2D eigenvalue weighted by atomic mass is 10.1. The SMILES string of the molecule is CC(N)C(=O)NCC(=O)NC(CCC(N)=O)C(=O)OC(C)(C)C.Cc1ccccc1. The van der Waals surface area contributed by atoms with E-state index < -0.39 is 41.4 Å². The maximum atomic E-state index is 12.1. The van der Waals surface area contributed by atoms with Gasteiger partial charge in [-0.15, -0.1) is 0 Å². The average Bonchev–Trinajstić information content (AvgIpc) is 2.62. The molecule has 0 heterocycles. The summed E-state index contributed by atoms with van der Waals surface area (Å²) in [5, 5.41) is 4.73. The Kier molecular flexibility index (Phi) is 12.0. The number of primary amides is 1. The normalized spacial score (nSPS) is 12.5. The third-order valence-electron chi connectivity index (χ3n) is 3.48. The van der Waals surface area contributed by atoms with Crippen LogP contribution in [0.4, 0.5) is 0 Å². The van der Waals surface area contributed by atoms with Crippen molar-refractivity contribution in [3.63, 3.8) is 0 Å². The number of esters is 1. The maximum absolute atomic E-state index is 12.1. The Labute approximate surface area is 177 Å². The lowest BCUT2D eigenvalue weighted by molar-refractivity contribution is -0.158. The molecule has 0 fully saturated rings. The predicted octanol–water partition coefficient (Wildman–Crippen LogP) is 0.537. The summed E-state index contributed by atoms with van der Waals surface area (Å²) in [4.78, 5) is 46.0. The standard InChI is InChI=1S/C14H26N4O5.C7H8/c1-8(15)12(21)17-7-11(20)18-9(5-6-10(16)19)13(22)23-14(2,3)4;1-7-5-3-2-4-6-7/h8-9H,5-7,15H2,1-4H3,(H2,16,19)(H,17,21)(H,18,20);2-6H,1H3. The fourth-order valence-corrected chi connectivity index (χ4v) is 2.02. The van der Waals surface area contributed by atoms with Crippen molar-refractivity contribution in [3.8, 4) is 0 Å². The van der Waals surface area contributed by atoms with Crippen LogP contribution in [0.5, 0.6) is 0 Å². The molecule has 0 aliphatic carbocycles. The Morgan fingerprint density at radius 2 is 1.67 bits per heavy atom. The van der Waals surface area contributed by atoms with Gasteiger partial charge in [0, 0.05) is 6.42 Å². The van der Waals surface area contributed by atoms with Crippen LogP contribution in [0.3, 0.4) is 0 Å². The number of carbonyl (C=O) groups is 4. The van der Waals surface area contributed by atoms with Crippen LogP contribution in [0.1, 0.15) is 46.1 Å². The highest BCUT2D eigenvalue weighted by Gasteiger charge is 2.27. The van der Waals surface area contributed by atoms with Crippen LogP contribution in [-0.2, 0) is 23.9 Å². The summed E-state index contributed by atoms with van der Waals surface area (Å²) < 4.78 is 5.18. The van der Waals surface area contributed by atoms with Gasteiger partial charge >= 0.3 is 5.97 Å². The summed E-state index contributed by atoms with van der Waals surface area (Å²) in [6, 6.07) is 8.48. The zero-order chi connectivity index (χ0) is 23.3. The van der Waals surface area contributed by atoms with Gasteiger partial charge in [-0.25, -0.2) is 4.79 Å². The van der Waals surface area contributed by atoms with Gasteiger partial charge in [-0.05, 0) is 41.0 Å².